The highest BCUT2D eigenvalue weighted by Crippen LogP contribution is 2.36. The molecule has 1 unspecified atom stereocenters. The van der Waals surface area contributed by atoms with E-state index in [-0.39, 0.29) is 17.4 Å². The molecule has 1 atom stereocenters. The number of hydrogen-bond acceptors (Lipinski definition) is 4. The van der Waals surface area contributed by atoms with Gasteiger partial charge in [-0.05, 0) is 25.7 Å². The molecule has 0 aromatic carbocycles. The van der Waals surface area contributed by atoms with Crippen LogP contribution in [0.2, 0.25) is 0 Å². The number of ether oxygens (including phenoxy) is 1. The van der Waals surface area contributed by atoms with Crippen LogP contribution in [0.25, 0.3) is 0 Å². The number of hydrogen-bond donors (Lipinski definition) is 1. The molecule has 0 spiro atoms. The summed E-state index contributed by atoms with van der Waals surface area (Å²) in [6.45, 7) is 0. The van der Waals surface area contributed by atoms with Crippen LogP contribution in [-0.4, -0.2) is 39.2 Å². The lowest BCUT2D eigenvalue weighted by Crippen LogP contribution is -2.47. The van der Waals surface area contributed by atoms with Crippen molar-refractivity contribution >= 4 is 9.84 Å². The maximum absolute atomic E-state index is 11.0. The highest BCUT2D eigenvalue weighted by Gasteiger charge is 2.39. The quantitative estimate of drug-likeness (QED) is 0.765. The minimum absolute atomic E-state index is 0.0400. The lowest BCUT2D eigenvalue weighted by Gasteiger charge is -2.33. The lowest BCUT2D eigenvalue weighted by molar-refractivity contribution is -0.0275. The third-order valence-corrected chi connectivity index (χ3v) is 4.59. The van der Waals surface area contributed by atoms with Gasteiger partial charge in [0.05, 0.1) is 5.60 Å². The maximum Gasteiger partial charge on any atom is 0.147 e. The van der Waals surface area contributed by atoms with Crippen molar-refractivity contribution in [3.05, 3.63) is 0 Å². The second kappa shape index (κ2) is 5.47. The minimum Gasteiger partial charge on any atom is -0.377 e. The average Bonchev–Trinajstić information content (AvgIpc) is 2.65. The van der Waals surface area contributed by atoms with Gasteiger partial charge in [0.15, 0.2) is 0 Å². The van der Waals surface area contributed by atoms with Gasteiger partial charge in [-0.1, -0.05) is 12.8 Å². The second-order valence-corrected chi connectivity index (χ2v) is 7.11. The Morgan fingerprint density at radius 1 is 1.38 bits per heavy atom. The van der Waals surface area contributed by atoms with E-state index in [1.165, 1.54) is 6.26 Å². The topological polar surface area (TPSA) is 69.4 Å². The Kier molecular flexibility index (Phi) is 4.76. The van der Waals surface area contributed by atoms with Gasteiger partial charge in [-0.15, -0.1) is 0 Å². The fraction of sp³-hybridized carbons (Fsp3) is 1.00. The molecule has 0 aromatic rings. The van der Waals surface area contributed by atoms with Gasteiger partial charge in [-0.2, -0.15) is 0 Å². The Morgan fingerprint density at radius 3 is 2.38 bits per heavy atom. The van der Waals surface area contributed by atoms with E-state index in [9.17, 15) is 8.42 Å². The third kappa shape index (κ3) is 3.71. The van der Waals surface area contributed by atoms with Crippen molar-refractivity contribution in [3.8, 4) is 0 Å². The van der Waals surface area contributed by atoms with Crippen LogP contribution < -0.4 is 5.73 Å². The molecule has 0 bridgehead atoms. The summed E-state index contributed by atoms with van der Waals surface area (Å²) >= 11 is 0. The molecule has 0 heterocycles. The van der Waals surface area contributed by atoms with Crippen LogP contribution >= 0.6 is 0 Å². The molecule has 4 nitrogen and oxygen atoms in total. The van der Waals surface area contributed by atoms with E-state index in [4.69, 9.17) is 10.5 Å². The zero-order valence-corrected chi connectivity index (χ0v) is 11.1. The van der Waals surface area contributed by atoms with Crippen LogP contribution in [0.5, 0.6) is 0 Å². The molecule has 2 N–H and O–H groups in total. The van der Waals surface area contributed by atoms with Crippen LogP contribution in [-0.2, 0) is 14.6 Å². The van der Waals surface area contributed by atoms with Crippen molar-refractivity contribution in [3.63, 3.8) is 0 Å². The van der Waals surface area contributed by atoms with Gasteiger partial charge in [0.2, 0.25) is 0 Å². The summed E-state index contributed by atoms with van der Waals surface area (Å²) in [7, 11) is -1.16. The fourth-order valence-corrected chi connectivity index (χ4v) is 3.22. The van der Waals surface area contributed by atoms with Crippen molar-refractivity contribution < 1.29 is 13.2 Å². The van der Waals surface area contributed by atoms with Crippen molar-refractivity contribution in [1.29, 1.82) is 0 Å². The van der Waals surface area contributed by atoms with Crippen molar-refractivity contribution in [2.45, 2.75) is 50.2 Å². The van der Waals surface area contributed by atoms with E-state index in [2.05, 4.69) is 0 Å². The summed E-state index contributed by atoms with van der Waals surface area (Å²) in [5.41, 5.74) is 5.94. The first-order valence-electron chi connectivity index (χ1n) is 5.88. The number of rotatable bonds is 6. The molecule has 0 saturated heterocycles. The molecule has 96 valence electrons. The monoisotopic (exact) mass is 249 g/mol. The Hall–Kier alpha value is -0.130. The van der Waals surface area contributed by atoms with Gasteiger partial charge in [-0.25, -0.2) is 8.42 Å². The van der Waals surface area contributed by atoms with E-state index in [0.717, 1.165) is 32.1 Å². The first kappa shape index (κ1) is 13.9. The number of sulfone groups is 1. The SMILES string of the molecule is COC1(C(N)CCCS(C)(=O)=O)CCCC1. The van der Waals surface area contributed by atoms with E-state index in [0.29, 0.717) is 6.42 Å². The highest BCUT2D eigenvalue weighted by molar-refractivity contribution is 7.90. The Morgan fingerprint density at radius 2 is 1.94 bits per heavy atom. The van der Waals surface area contributed by atoms with E-state index in [1.807, 2.05) is 0 Å². The summed E-state index contributed by atoms with van der Waals surface area (Å²) in [6.07, 6.45) is 6.94. The second-order valence-electron chi connectivity index (χ2n) is 4.85. The zero-order chi connectivity index (χ0) is 12.2. The summed E-state index contributed by atoms with van der Waals surface area (Å²) < 4.78 is 27.6. The molecule has 1 aliphatic carbocycles. The number of methoxy groups -OCH3 is 1. The first-order valence-corrected chi connectivity index (χ1v) is 7.94. The molecule has 1 saturated carbocycles. The largest absolute Gasteiger partial charge is 0.377 e. The Bertz CT molecular complexity index is 307. The van der Waals surface area contributed by atoms with Gasteiger partial charge in [0.1, 0.15) is 9.84 Å². The molecule has 0 aromatic heterocycles. The Balaban J connectivity index is 2.41. The summed E-state index contributed by atoms with van der Waals surface area (Å²) in [4.78, 5) is 0. The predicted molar refractivity (Wildman–Crippen MR) is 65.1 cm³/mol. The molecule has 1 fully saturated rings. The maximum atomic E-state index is 11.0. The molecule has 16 heavy (non-hydrogen) atoms. The minimum atomic E-state index is -2.87. The van der Waals surface area contributed by atoms with Gasteiger partial charge in [0.25, 0.3) is 0 Å². The smallest absolute Gasteiger partial charge is 0.147 e. The van der Waals surface area contributed by atoms with Crippen LogP contribution in [0, 0.1) is 0 Å². The van der Waals surface area contributed by atoms with Crippen LogP contribution in [0.4, 0.5) is 0 Å². The Labute approximate surface area is 98.5 Å². The molecule has 5 heteroatoms. The van der Waals surface area contributed by atoms with Gasteiger partial charge < -0.3 is 10.5 Å². The van der Waals surface area contributed by atoms with Crippen LogP contribution in [0.1, 0.15) is 38.5 Å². The highest BCUT2D eigenvalue weighted by atomic mass is 32.2. The van der Waals surface area contributed by atoms with Crippen LogP contribution in [0.15, 0.2) is 0 Å². The van der Waals surface area contributed by atoms with E-state index >= 15 is 0 Å². The molecule has 1 rings (SSSR count). The first-order chi connectivity index (χ1) is 7.40. The van der Waals surface area contributed by atoms with E-state index < -0.39 is 9.84 Å². The van der Waals surface area contributed by atoms with Crippen molar-refractivity contribution in [2.24, 2.45) is 5.73 Å². The van der Waals surface area contributed by atoms with Gasteiger partial charge in [-0.3, -0.25) is 0 Å². The summed E-state index contributed by atoms with van der Waals surface area (Å²) in [6, 6.07) is -0.0400. The third-order valence-electron chi connectivity index (χ3n) is 3.56. The van der Waals surface area contributed by atoms with Crippen molar-refractivity contribution in [1.82, 2.24) is 0 Å². The molecule has 0 radical (unpaired) electrons. The predicted octanol–water partition coefficient (Wildman–Crippen LogP) is 1.10. The molecule has 0 aliphatic heterocycles. The number of nitrogens with two attached hydrogens (primary N) is 1. The lowest BCUT2D eigenvalue weighted by atomic mass is 9.89. The normalized spacial score (nSPS) is 22.2. The summed E-state index contributed by atoms with van der Waals surface area (Å²) in [5.74, 6) is 0.223. The summed E-state index contributed by atoms with van der Waals surface area (Å²) in [5, 5.41) is 0. The average molecular weight is 249 g/mol. The fourth-order valence-electron chi connectivity index (χ4n) is 2.53. The zero-order valence-electron chi connectivity index (χ0n) is 10.2. The molecule has 1 aliphatic rings. The molecule has 0 amide bonds. The van der Waals surface area contributed by atoms with Crippen molar-refractivity contribution in [2.75, 3.05) is 19.1 Å². The van der Waals surface area contributed by atoms with Gasteiger partial charge >= 0.3 is 0 Å². The molecular formula is C11H23NO3S. The van der Waals surface area contributed by atoms with Crippen LogP contribution in [0.3, 0.4) is 0 Å². The standard InChI is InChI=1S/C11H23NO3S/c1-15-11(7-3-4-8-11)10(12)6-5-9-16(2,13)14/h10H,3-9,12H2,1-2H3. The molecular weight excluding hydrogens is 226 g/mol. The van der Waals surface area contributed by atoms with E-state index in [1.54, 1.807) is 7.11 Å². The van der Waals surface area contributed by atoms with Gasteiger partial charge in [0, 0.05) is 25.2 Å².